The van der Waals surface area contributed by atoms with Gasteiger partial charge in [0.25, 0.3) is 0 Å². The number of anilines is 1. The molecular weight excluding hydrogens is 240 g/mol. The summed E-state index contributed by atoms with van der Waals surface area (Å²) in [5.41, 5.74) is 0.520. The lowest BCUT2D eigenvalue weighted by atomic mass is 9.85. The first-order valence-corrected chi connectivity index (χ1v) is 6.53. The number of hydrogen-bond acceptors (Lipinski definition) is 4. The van der Waals surface area contributed by atoms with Gasteiger partial charge in [-0.2, -0.15) is 5.26 Å². The van der Waals surface area contributed by atoms with Gasteiger partial charge in [0.1, 0.15) is 11.9 Å². The predicted molar refractivity (Wildman–Crippen MR) is 72.6 cm³/mol. The minimum atomic E-state index is 0.0144. The van der Waals surface area contributed by atoms with E-state index in [0.29, 0.717) is 17.3 Å². The molecule has 0 aliphatic heterocycles. The van der Waals surface area contributed by atoms with Crippen LogP contribution in [-0.2, 0) is 4.79 Å². The summed E-state index contributed by atoms with van der Waals surface area (Å²) in [7, 11) is 1.82. The fourth-order valence-corrected chi connectivity index (χ4v) is 1.99. The second-order valence-corrected chi connectivity index (χ2v) is 4.97. The fourth-order valence-electron chi connectivity index (χ4n) is 1.99. The number of carbonyl (C=O) groups excluding carboxylic acids is 1. The normalized spacial score (nSPS) is 14.3. The van der Waals surface area contributed by atoms with Gasteiger partial charge >= 0.3 is 0 Å². The molecule has 0 atom stereocenters. The van der Waals surface area contributed by atoms with E-state index >= 15 is 0 Å². The van der Waals surface area contributed by atoms with E-state index in [-0.39, 0.29) is 12.5 Å². The van der Waals surface area contributed by atoms with E-state index in [4.69, 9.17) is 5.26 Å². The third kappa shape index (κ3) is 3.68. The number of nitriles is 1. The van der Waals surface area contributed by atoms with E-state index in [0.717, 1.165) is 6.54 Å². The summed E-state index contributed by atoms with van der Waals surface area (Å²) in [6.07, 6.45) is 5.26. The summed E-state index contributed by atoms with van der Waals surface area (Å²) in [6.45, 7) is 1.07. The maximum Gasteiger partial charge on any atom is 0.239 e. The molecule has 1 N–H and O–H groups in total. The number of rotatable bonds is 5. The third-order valence-corrected chi connectivity index (χ3v) is 3.46. The predicted octanol–water partition coefficient (Wildman–Crippen LogP) is 1.31. The van der Waals surface area contributed by atoms with E-state index in [1.165, 1.54) is 25.5 Å². The molecule has 2 rings (SSSR count). The maximum atomic E-state index is 11.8. The number of aromatic nitrogens is 1. The third-order valence-electron chi connectivity index (χ3n) is 3.46. The van der Waals surface area contributed by atoms with Gasteiger partial charge in [0.15, 0.2) is 0 Å². The van der Waals surface area contributed by atoms with E-state index in [9.17, 15) is 4.79 Å². The number of nitrogens with one attached hydrogen (secondary N) is 1. The van der Waals surface area contributed by atoms with Crippen LogP contribution in [0.1, 0.15) is 24.8 Å². The SMILES string of the molecule is CN(CC(=O)NCC1CCC1)c1ccc(C#N)cn1. The molecule has 0 unspecified atom stereocenters. The van der Waals surface area contributed by atoms with Crippen LogP contribution >= 0.6 is 0 Å². The molecule has 0 radical (unpaired) electrons. The Bertz CT molecular complexity index is 473. The highest BCUT2D eigenvalue weighted by Crippen LogP contribution is 2.25. The highest BCUT2D eigenvalue weighted by molar-refractivity contribution is 5.80. The number of carbonyl (C=O) groups is 1. The van der Waals surface area contributed by atoms with Crippen LogP contribution in [0.3, 0.4) is 0 Å². The zero-order valence-corrected chi connectivity index (χ0v) is 11.1. The minimum absolute atomic E-state index is 0.0144. The molecule has 1 aromatic heterocycles. The number of likely N-dealkylation sites (N-methyl/N-ethyl adjacent to an activating group) is 1. The lowest BCUT2D eigenvalue weighted by molar-refractivity contribution is -0.120. The van der Waals surface area contributed by atoms with Crippen LogP contribution in [-0.4, -0.2) is 31.0 Å². The van der Waals surface area contributed by atoms with Gasteiger partial charge in [0.05, 0.1) is 12.1 Å². The molecule has 1 aromatic rings. The summed E-state index contributed by atoms with van der Waals surface area (Å²) in [6, 6.07) is 5.47. The molecule has 1 amide bonds. The van der Waals surface area contributed by atoms with Crippen molar-refractivity contribution in [1.29, 1.82) is 5.26 Å². The molecule has 1 aliphatic carbocycles. The van der Waals surface area contributed by atoms with Gasteiger partial charge in [-0.05, 0) is 30.9 Å². The average molecular weight is 258 g/mol. The monoisotopic (exact) mass is 258 g/mol. The summed E-state index contributed by atoms with van der Waals surface area (Å²) in [5, 5.41) is 11.6. The van der Waals surface area contributed by atoms with Crippen molar-refractivity contribution >= 4 is 11.7 Å². The summed E-state index contributed by atoms with van der Waals surface area (Å²) >= 11 is 0. The number of amides is 1. The first kappa shape index (κ1) is 13.3. The molecule has 5 heteroatoms. The second-order valence-electron chi connectivity index (χ2n) is 4.97. The fraction of sp³-hybridized carbons (Fsp3) is 0.500. The van der Waals surface area contributed by atoms with Crippen molar-refractivity contribution in [3.05, 3.63) is 23.9 Å². The Morgan fingerprint density at radius 3 is 2.89 bits per heavy atom. The zero-order chi connectivity index (χ0) is 13.7. The van der Waals surface area contributed by atoms with Crippen LogP contribution in [0, 0.1) is 17.2 Å². The maximum absolute atomic E-state index is 11.8. The molecule has 0 aromatic carbocycles. The molecule has 100 valence electrons. The smallest absolute Gasteiger partial charge is 0.239 e. The summed E-state index contributed by atoms with van der Waals surface area (Å²) < 4.78 is 0. The highest BCUT2D eigenvalue weighted by Gasteiger charge is 2.18. The van der Waals surface area contributed by atoms with Gasteiger partial charge in [0, 0.05) is 19.8 Å². The van der Waals surface area contributed by atoms with Crippen LogP contribution in [0.2, 0.25) is 0 Å². The van der Waals surface area contributed by atoms with Crippen molar-refractivity contribution in [2.45, 2.75) is 19.3 Å². The van der Waals surface area contributed by atoms with E-state index < -0.39 is 0 Å². The topological polar surface area (TPSA) is 69.0 Å². The van der Waals surface area contributed by atoms with Gasteiger partial charge in [-0.15, -0.1) is 0 Å². The Kier molecular flexibility index (Phi) is 4.35. The molecule has 5 nitrogen and oxygen atoms in total. The first-order valence-electron chi connectivity index (χ1n) is 6.53. The second kappa shape index (κ2) is 6.19. The van der Waals surface area contributed by atoms with Gasteiger partial charge < -0.3 is 10.2 Å². The van der Waals surface area contributed by atoms with Crippen LogP contribution in [0.15, 0.2) is 18.3 Å². The van der Waals surface area contributed by atoms with Crippen molar-refractivity contribution in [3.63, 3.8) is 0 Å². The van der Waals surface area contributed by atoms with Crippen LogP contribution in [0.4, 0.5) is 5.82 Å². The van der Waals surface area contributed by atoms with Crippen molar-refractivity contribution < 1.29 is 4.79 Å². The molecule has 0 saturated heterocycles. The average Bonchev–Trinajstić information content (AvgIpc) is 2.37. The number of pyridine rings is 1. The molecule has 1 saturated carbocycles. The Balaban J connectivity index is 1.79. The number of nitrogens with zero attached hydrogens (tertiary/aromatic N) is 3. The molecule has 1 aliphatic rings. The summed E-state index contributed by atoms with van der Waals surface area (Å²) in [4.78, 5) is 17.7. The standard InChI is InChI=1S/C14H18N4O/c1-18(13-6-5-12(7-15)9-16-13)10-14(19)17-8-11-3-2-4-11/h5-6,9,11H,2-4,8,10H2,1H3,(H,17,19). The molecule has 1 heterocycles. The van der Waals surface area contributed by atoms with Crippen molar-refractivity contribution in [2.24, 2.45) is 5.92 Å². The zero-order valence-electron chi connectivity index (χ0n) is 11.1. The van der Waals surface area contributed by atoms with E-state index in [2.05, 4.69) is 10.3 Å². The summed E-state index contributed by atoms with van der Waals surface area (Å²) in [5.74, 6) is 1.38. The first-order chi connectivity index (χ1) is 9.19. The Labute approximate surface area is 113 Å². The Morgan fingerprint density at radius 1 is 1.58 bits per heavy atom. The van der Waals surface area contributed by atoms with Gasteiger partial charge in [0.2, 0.25) is 5.91 Å². The lowest BCUT2D eigenvalue weighted by Crippen LogP contribution is -2.39. The van der Waals surface area contributed by atoms with Gasteiger partial charge in [-0.1, -0.05) is 6.42 Å². The molecule has 0 spiro atoms. The lowest BCUT2D eigenvalue weighted by Gasteiger charge is -2.26. The molecular formula is C14H18N4O. The van der Waals surface area contributed by atoms with E-state index in [1.54, 1.807) is 17.0 Å². The molecule has 0 bridgehead atoms. The quantitative estimate of drug-likeness (QED) is 0.864. The van der Waals surface area contributed by atoms with Crippen molar-refractivity contribution in [1.82, 2.24) is 10.3 Å². The van der Waals surface area contributed by atoms with Crippen molar-refractivity contribution in [3.8, 4) is 6.07 Å². The highest BCUT2D eigenvalue weighted by atomic mass is 16.2. The van der Waals surface area contributed by atoms with Crippen LogP contribution in [0.25, 0.3) is 0 Å². The minimum Gasteiger partial charge on any atom is -0.354 e. The van der Waals surface area contributed by atoms with Crippen LogP contribution < -0.4 is 10.2 Å². The van der Waals surface area contributed by atoms with Gasteiger partial charge in [-0.25, -0.2) is 4.98 Å². The van der Waals surface area contributed by atoms with Crippen LogP contribution in [0.5, 0.6) is 0 Å². The molecule has 19 heavy (non-hydrogen) atoms. The Hall–Kier alpha value is -2.09. The molecule has 1 fully saturated rings. The van der Waals surface area contributed by atoms with Crippen molar-refractivity contribution in [2.75, 3.05) is 25.0 Å². The largest absolute Gasteiger partial charge is 0.354 e. The van der Waals surface area contributed by atoms with Gasteiger partial charge in [-0.3, -0.25) is 4.79 Å². The van der Waals surface area contributed by atoms with E-state index in [1.807, 2.05) is 13.1 Å². The number of hydrogen-bond donors (Lipinski definition) is 1. The Morgan fingerprint density at radius 2 is 2.37 bits per heavy atom.